The second-order valence-electron chi connectivity index (χ2n) is 10.1. The van der Waals surface area contributed by atoms with Crippen molar-refractivity contribution >= 4 is 19.2 Å². The van der Waals surface area contributed by atoms with Gasteiger partial charge in [-0.05, 0) is 56.3 Å². The van der Waals surface area contributed by atoms with Crippen molar-refractivity contribution in [2.75, 3.05) is 0 Å². The highest BCUT2D eigenvalue weighted by Crippen LogP contribution is 2.80. The fraction of sp³-hybridized carbons (Fsp3) is 0.286. The predicted molar refractivity (Wildman–Crippen MR) is 125 cm³/mol. The Morgan fingerprint density at radius 1 is 0.567 bits per heavy atom. The van der Waals surface area contributed by atoms with Crippen LogP contribution in [0.2, 0.25) is 24.2 Å². The van der Waals surface area contributed by atoms with Gasteiger partial charge >= 0.3 is 0 Å². The van der Waals surface area contributed by atoms with Gasteiger partial charge in [0.15, 0.2) is 0 Å². The summed E-state index contributed by atoms with van der Waals surface area (Å²) >= 11 is 0. The lowest BCUT2D eigenvalue weighted by Gasteiger charge is -2.36. The molecule has 2 heteroatoms. The predicted octanol–water partition coefficient (Wildman–Crippen LogP) is 7.13. The Kier molecular flexibility index (Phi) is 3.36. The quantitative estimate of drug-likeness (QED) is 0.411. The summed E-state index contributed by atoms with van der Waals surface area (Å²) in [6, 6.07) is 31.5. The van der Waals surface area contributed by atoms with Crippen LogP contribution in [0.5, 0.6) is 0 Å². The normalized spacial score (nSPS) is 34.3. The molecule has 0 N–H and O–H groups in total. The highest BCUT2D eigenvalue weighted by molar-refractivity contribution is 6.86. The zero-order valence-electron chi connectivity index (χ0n) is 17.5. The first-order valence-electron chi connectivity index (χ1n) is 11.3. The van der Waals surface area contributed by atoms with Crippen LogP contribution in [0.1, 0.15) is 34.5 Å². The van der Waals surface area contributed by atoms with Crippen molar-refractivity contribution in [2.45, 2.75) is 36.4 Å². The molecular weight excluding hydrogens is 380 g/mol. The fourth-order valence-corrected chi connectivity index (χ4v) is 13.0. The smallest absolute Gasteiger partial charge is 0.0872 e. The highest BCUT2D eigenvalue weighted by Gasteiger charge is 2.72. The lowest BCUT2D eigenvalue weighted by Crippen LogP contribution is -2.31. The van der Waals surface area contributed by atoms with E-state index in [1.165, 1.54) is 22.3 Å². The van der Waals surface area contributed by atoms with Crippen LogP contribution in [0, 0.1) is 11.8 Å². The molecule has 0 amide bonds. The summed E-state index contributed by atoms with van der Waals surface area (Å²) < 4.78 is 6.75. The minimum atomic E-state index is -1.56. The third kappa shape index (κ3) is 1.97. The maximum absolute atomic E-state index is 6.75. The van der Waals surface area contributed by atoms with E-state index in [4.69, 9.17) is 4.74 Å². The van der Waals surface area contributed by atoms with E-state index < -0.39 is 8.07 Å². The molecule has 6 atom stereocenters. The average Bonchev–Trinajstić information content (AvgIpc) is 3.48. The van der Waals surface area contributed by atoms with Crippen LogP contribution in [-0.4, -0.2) is 8.07 Å². The van der Waals surface area contributed by atoms with E-state index in [0.717, 1.165) is 0 Å². The summed E-state index contributed by atoms with van der Waals surface area (Å²) in [7, 11) is -1.56. The van der Waals surface area contributed by atoms with Gasteiger partial charge in [-0.15, -0.1) is 0 Å². The molecule has 30 heavy (non-hydrogen) atoms. The van der Waals surface area contributed by atoms with Crippen LogP contribution in [0.3, 0.4) is 0 Å². The molecule has 0 unspecified atom stereocenters. The highest BCUT2D eigenvalue weighted by atomic mass is 28.3. The summed E-state index contributed by atoms with van der Waals surface area (Å²) in [6.07, 6.45) is 0.572. The van der Waals surface area contributed by atoms with Gasteiger partial charge in [-0.2, -0.15) is 0 Å². The van der Waals surface area contributed by atoms with Gasteiger partial charge in [-0.25, -0.2) is 0 Å². The van der Waals surface area contributed by atoms with Gasteiger partial charge in [0, 0.05) is 0 Å². The first-order chi connectivity index (χ1) is 14.7. The Bertz CT molecular complexity index is 1090. The van der Waals surface area contributed by atoms with Crippen LogP contribution in [0.25, 0.3) is 11.1 Å². The first kappa shape index (κ1) is 17.3. The Morgan fingerprint density at radius 2 is 0.967 bits per heavy atom. The van der Waals surface area contributed by atoms with E-state index in [2.05, 4.69) is 98.0 Å². The molecule has 4 aliphatic rings. The van der Waals surface area contributed by atoms with Crippen LogP contribution >= 0.6 is 0 Å². The number of hydrogen-bond acceptors (Lipinski definition) is 1. The van der Waals surface area contributed by atoms with Crippen molar-refractivity contribution in [1.29, 1.82) is 0 Å². The molecule has 7 rings (SSSR count). The Hall–Kier alpha value is -2.42. The fourth-order valence-electron chi connectivity index (χ4n) is 7.68. The van der Waals surface area contributed by atoms with Crippen molar-refractivity contribution in [2.24, 2.45) is 11.8 Å². The first-order valence-corrected chi connectivity index (χ1v) is 14.4. The summed E-state index contributed by atoms with van der Waals surface area (Å²) in [6.45, 7) is 5.31. The molecule has 4 aliphatic heterocycles. The molecule has 1 nitrogen and oxygen atoms in total. The second-order valence-corrected chi connectivity index (χ2v) is 15.0. The summed E-state index contributed by atoms with van der Waals surface area (Å²) in [5.41, 5.74) is 10.4. The van der Waals surface area contributed by atoms with Gasteiger partial charge in [0.05, 0.1) is 20.3 Å². The largest absolute Gasteiger partial charge is 0.365 e. The minimum absolute atomic E-state index is 0.286. The van der Waals surface area contributed by atoms with Crippen LogP contribution in [0.15, 0.2) is 84.9 Å². The molecule has 2 saturated heterocycles. The van der Waals surface area contributed by atoms with E-state index >= 15 is 0 Å². The van der Waals surface area contributed by atoms with Crippen molar-refractivity contribution in [1.82, 2.24) is 0 Å². The lowest BCUT2D eigenvalue weighted by atomic mass is 9.65. The SMILES string of the molecule is C[Si]1(C)[C@@H]2C(c3ccccc3)=C(c3ccccc3)[C@H]1[C@@H]1[C@H]2[C@@H]2O[C@H]1c1ccccc12. The van der Waals surface area contributed by atoms with E-state index in [9.17, 15) is 0 Å². The Balaban J connectivity index is 1.49. The lowest BCUT2D eigenvalue weighted by molar-refractivity contribution is 0.0531. The van der Waals surface area contributed by atoms with Gasteiger partial charge < -0.3 is 4.74 Å². The molecule has 0 spiro atoms. The van der Waals surface area contributed by atoms with Gasteiger partial charge in [-0.1, -0.05) is 98.0 Å². The number of fused-ring (bicyclic) bond motifs is 12. The molecule has 0 radical (unpaired) electrons. The number of rotatable bonds is 2. The third-order valence-corrected chi connectivity index (χ3v) is 13.1. The summed E-state index contributed by atoms with van der Waals surface area (Å²) in [5, 5.41) is 0. The molecule has 4 heterocycles. The van der Waals surface area contributed by atoms with Crippen LogP contribution < -0.4 is 0 Å². The third-order valence-electron chi connectivity index (χ3n) is 8.50. The molecule has 3 aromatic carbocycles. The second kappa shape index (κ2) is 5.84. The number of benzene rings is 3. The van der Waals surface area contributed by atoms with E-state index in [1.54, 1.807) is 11.1 Å². The molecule has 0 saturated carbocycles. The average molecular weight is 407 g/mol. The summed E-state index contributed by atoms with van der Waals surface area (Å²) in [4.78, 5) is 0. The van der Waals surface area contributed by atoms with Crippen molar-refractivity contribution in [3.8, 4) is 0 Å². The zero-order valence-corrected chi connectivity index (χ0v) is 18.5. The van der Waals surface area contributed by atoms with Crippen molar-refractivity contribution < 1.29 is 4.74 Å². The van der Waals surface area contributed by atoms with Crippen molar-refractivity contribution in [3.63, 3.8) is 0 Å². The Labute approximate surface area is 179 Å². The Morgan fingerprint density at radius 3 is 1.40 bits per heavy atom. The standard InChI is InChI=1S/C28H26OSi/c1-30(2)27-21(17-11-5-3-6-12-17)22(18-13-7-4-8-14-18)28(30)24-23(27)25-19-15-9-10-16-20(19)26(24)29-25/h3-16,23-28H,1-2H3/t23-,24+,25+,26-,27+,28-. The van der Waals surface area contributed by atoms with E-state index in [0.29, 0.717) is 22.9 Å². The van der Waals surface area contributed by atoms with Gasteiger partial charge in [-0.3, -0.25) is 0 Å². The maximum atomic E-state index is 6.75. The number of ether oxygens (including phenoxy) is 1. The molecule has 0 aromatic heterocycles. The molecule has 0 aliphatic carbocycles. The minimum Gasteiger partial charge on any atom is -0.365 e. The van der Waals surface area contributed by atoms with Gasteiger partial charge in [0.1, 0.15) is 0 Å². The van der Waals surface area contributed by atoms with Gasteiger partial charge in [0.2, 0.25) is 0 Å². The van der Waals surface area contributed by atoms with E-state index in [1.807, 2.05) is 0 Å². The number of hydrogen-bond donors (Lipinski definition) is 0. The molecule has 4 bridgehead atoms. The van der Waals surface area contributed by atoms with Crippen LogP contribution in [-0.2, 0) is 4.74 Å². The summed E-state index contributed by atoms with van der Waals surface area (Å²) in [5.74, 6) is 1.28. The van der Waals surface area contributed by atoms with E-state index in [-0.39, 0.29) is 12.2 Å². The van der Waals surface area contributed by atoms with Crippen molar-refractivity contribution in [3.05, 3.63) is 107 Å². The zero-order chi connectivity index (χ0) is 20.0. The molecule has 148 valence electrons. The topological polar surface area (TPSA) is 9.23 Å². The molecular formula is C28H26OSi. The maximum Gasteiger partial charge on any atom is 0.0872 e. The molecule has 2 fully saturated rings. The monoisotopic (exact) mass is 406 g/mol. The van der Waals surface area contributed by atoms with Crippen LogP contribution in [0.4, 0.5) is 0 Å². The number of allylic oxidation sites excluding steroid dienone is 2. The van der Waals surface area contributed by atoms with Gasteiger partial charge in [0.25, 0.3) is 0 Å². The molecule has 3 aromatic rings.